The van der Waals surface area contributed by atoms with E-state index in [0.717, 1.165) is 5.56 Å². The number of hydrogen-bond donors (Lipinski definition) is 1. The van der Waals surface area contributed by atoms with E-state index in [-0.39, 0.29) is 5.57 Å². The molecule has 0 unspecified atom stereocenters. The molecule has 0 amide bonds. The smallest absolute Gasteiger partial charge is 0.346 e. The number of carboxylic acid groups (broad SMARTS) is 1. The van der Waals surface area contributed by atoms with E-state index in [9.17, 15) is 4.79 Å². The van der Waals surface area contributed by atoms with Crippen LogP contribution in [0.25, 0.3) is 6.08 Å². The maximum absolute atomic E-state index is 10.9. The van der Waals surface area contributed by atoms with E-state index in [4.69, 9.17) is 19.8 Å². The van der Waals surface area contributed by atoms with Gasteiger partial charge in [0.15, 0.2) is 11.5 Å². The van der Waals surface area contributed by atoms with Crippen LogP contribution >= 0.6 is 0 Å². The standard InChI is InChI=1S/C19H17NO4/c1-13-3-5-14(6-4-13)12-24-18-10-15(7-8-17(18)23-2)9-16(11-20)19(21)22/h3-10H,12H2,1-2H3,(H,21,22). The summed E-state index contributed by atoms with van der Waals surface area (Å²) in [5.41, 5.74) is 2.38. The van der Waals surface area contributed by atoms with Crippen LogP contribution in [0.3, 0.4) is 0 Å². The van der Waals surface area contributed by atoms with Gasteiger partial charge in [-0.1, -0.05) is 35.9 Å². The van der Waals surface area contributed by atoms with Crippen LogP contribution in [0.4, 0.5) is 0 Å². The molecule has 0 aliphatic rings. The highest BCUT2D eigenvalue weighted by molar-refractivity contribution is 5.96. The fourth-order valence-electron chi connectivity index (χ4n) is 2.05. The minimum absolute atomic E-state index is 0.343. The monoisotopic (exact) mass is 323 g/mol. The van der Waals surface area contributed by atoms with Gasteiger partial charge < -0.3 is 14.6 Å². The number of nitriles is 1. The van der Waals surface area contributed by atoms with Crippen molar-refractivity contribution in [3.05, 3.63) is 64.7 Å². The van der Waals surface area contributed by atoms with Gasteiger partial charge in [-0.2, -0.15) is 5.26 Å². The summed E-state index contributed by atoms with van der Waals surface area (Å²) in [4.78, 5) is 10.9. The first kappa shape index (κ1) is 17.1. The predicted octanol–water partition coefficient (Wildman–Crippen LogP) is 3.57. The Balaban J connectivity index is 2.24. The zero-order chi connectivity index (χ0) is 17.5. The fourth-order valence-corrected chi connectivity index (χ4v) is 2.05. The van der Waals surface area contributed by atoms with E-state index in [0.29, 0.717) is 23.7 Å². The predicted molar refractivity (Wildman–Crippen MR) is 89.7 cm³/mol. The summed E-state index contributed by atoms with van der Waals surface area (Å²) >= 11 is 0. The Kier molecular flexibility index (Phi) is 5.58. The molecular formula is C19H17NO4. The molecule has 0 aliphatic carbocycles. The molecule has 0 aromatic heterocycles. The van der Waals surface area contributed by atoms with Crippen molar-refractivity contribution in [3.63, 3.8) is 0 Å². The highest BCUT2D eigenvalue weighted by atomic mass is 16.5. The first-order valence-corrected chi connectivity index (χ1v) is 7.25. The quantitative estimate of drug-likeness (QED) is 0.649. The van der Waals surface area contributed by atoms with Crippen molar-refractivity contribution in [3.8, 4) is 17.6 Å². The molecule has 24 heavy (non-hydrogen) atoms. The van der Waals surface area contributed by atoms with Gasteiger partial charge in [0.25, 0.3) is 0 Å². The molecule has 0 aliphatic heterocycles. The van der Waals surface area contributed by atoms with E-state index in [1.807, 2.05) is 31.2 Å². The molecule has 0 spiro atoms. The normalized spacial score (nSPS) is 10.8. The molecule has 5 nitrogen and oxygen atoms in total. The number of aryl methyl sites for hydroxylation is 1. The van der Waals surface area contributed by atoms with Gasteiger partial charge >= 0.3 is 5.97 Å². The molecule has 2 rings (SSSR count). The summed E-state index contributed by atoms with van der Waals surface area (Å²) < 4.78 is 11.0. The third kappa shape index (κ3) is 4.37. The molecule has 1 N–H and O–H groups in total. The third-order valence-corrected chi connectivity index (χ3v) is 3.36. The molecule has 0 heterocycles. The van der Waals surface area contributed by atoms with E-state index in [2.05, 4.69) is 0 Å². The largest absolute Gasteiger partial charge is 0.493 e. The summed E-state index contributed by atoms with van der Waals surface area (Å²) in [7, 11) is 1.53. The summed E-state index contributed by atoms with van der Waals surface area (Å²) in [6.07, 6.45) is 1.29. The number of carbonyl (C=O) groups is 1. The summed E-state index contributed by atoms with van der Waals surface area (Å²) in [6.45, 7) is 2.37. The van der Waals surface area contributed by atoms with Crippen LogP contribution in [-0.2, 0) is 11.4 Å². The van der Waals surface area contributed by atoms with Crippen LogP contribution in [0, 0.1) is 18.3 Å². The topological polar surface area (TPSA) is 79.5 Å². The van der Waals surface area contributed by atoms with Crippen LogP contribution < -0.4 is 9.47 Å². The van der Waals surface area contributed by atoms with Crippen molar-refractivity contribution in [2.75, 3.05) is 7.11 Å². The van der Waals surface area contributed by atoms with Crippen LogP contribution in [0.15, 0.2) is 48.0 Å². The first-order chi connectivity index (χ1) is 11.5. The molecule has 2 aromatic carbocycles. The Hall–Kier alpha value is -3.26. The molecule has 122 valence electrons. The minimum Gasteiger partial charge on any atom is -0.493 e. The Morgan fingerprint density at radius 1 is 1.21 bits per heavy atom. The molecule has 0 atom stereocenters. The van der Waals surface area contributed by atoms with Crippen LogP contribution in [-0.4, -0.2) is 18.2 Å². The van der Waals surface area contributed by atoms with Gasteiger partial charge in [0.2, 0.25) is 0 Å². The van der Waals surface area contributed by atoms with Crippen molar-refractivity contribution in [1.29, 1.82) is 5.26 Å². The average molecular weight is 323 g/mol. The number of aliphatic carboxylic acids is 1. The molecular weight excluding hydrogens is 306 g/mol. The highest BCUT2D eigenvalue weighted by Crippen LogP contribution is 2.29. The number of methoxy groups -OCH3 is 1. The molecule has 0 saturated heterocycles. The lowest BCUT2D eigenvalue weighted by Gasteiger charge is -2.12. The third-order valence-electron chi connectivity index (χ3n) is 3.36. The zero-order valence-corrected chi connectivity index (χ0v) is 13.4. The van der Waals surface area contributed by atoms with Crippen LogP contribution in [0.5, 0.6) is 11.5 Å². The number of hydrogen-bond acceptors (Lipinski definition) is 4. The van der Waals surface area contributed by atoms with Crippen LogP contribution in [0.1, 0.15) is 16.7 Å². The second-order valence-electron chi connectivity index (χ2n) is 5.16. The van der Waals surface area contributed by atoms with E-state index in [1.165, 1.54) is 18.7 Å². The van der Waals surface area contributed by atoms with Gasteiger partial charge in [0.1, 0.15) is 18.2 Å². The molecule has 5 heteroatoms. The van der Waals surface area contributed by atoms with Crippen molar-refractivity contribution < 1.29 is 19.4 Å². The maximum atomic E-state index is 10.9. The van der Waals surface area contributed by atoms with Crippen molar-refractivity contribution in [2.24, 2.45) is 0 Å². The van der Waals surface area contributed by atoms with Gasteiger partial charge in [0, 0.05) is 0 Å². The molecule has 0 fully saturated rings. The van der Waals surface area contributed by atoms with Crippen LogP contribution in [0.2, 0.25) is 0 Å². The molecule has 0 saturated carbocycles. The fraction of sp³-hybridized carbons (Fsp3) is 0.158. The van der Waals surface area contributed by atoms with Crippen molar-refractivity contribution in [2.45, 2.75) is 13.5 Å². The second kappa shape index (κ2) is 7.84. The first-order valence-electron chi connectivity index (χ1n) is 7.25. The van der Waals surface area contributed by atoms with Gasteiger partial charge in [-0.05, 0) is 36.3 Å². The molecule has 0 radical (unpaired) electrons. The van der Waals surface area contributed by atoms with Crippen molar-refractivity contribution in [1.82, 2.24) is 0 Å². The van der Waals surface area contributed by atoms with E-state index < -0.39 is 5.97 Å². The van der Waals surface area contributed by atoms with E-state index >= 15 is 0 Å². The Labute approximate surface area is 140 Å². The lowest BCUT2D eigenvalue weighted by Crippen LogP contribution is -1.99. The Bertz CT molecular complexity index is 801. The average Bonchev–Trinajstić information content (AvgIpc) is 2.59. The lowest BCUT2D eigenvalue weighted by atomic mass is 10.1. The Morgan fingerprint density at radius 3 is 2.50 bits per heavy atom. The number of nitrogens with zero attached hydrogens (tertiary/aromatic N) is 1. The summed E-state index contributed by atoms with van der Waals surface area (Å²) in [5, 5.41) is 17.8. The SMILES string of the molecule is COc1ccc(C=C(C#N)C(=O)O)cc1OCc1ccc(C)cc1. The minimum atomic E-state index is -1.27. The molecule has 2 aromatic rings. The zero-order valence-electron chi connectivity index (χ0n) is 13.4. The summed E-state index contributed by atoms with van der Waals surface area (Å²) in [6, 6.07) is 14.6. The summed E-state index contributed by atoms with van der Waals surface area (Å²) in [5.74, 6) is -0.252. The lowest BCUT2D eigenvalue weighted by molar-refractivity contribution is -0.132. The maximum Gasteiger partial charge on any atom is 0.346 e. The second-order valence-corrected chi connectivity index (χ2v) is 5.16. The van der Waals surface area contributed by atoms with Crippen molar-refractivity contribution >= 4 is 12.0 Å². The van der Waals surface area contributed by atoms with Gasteiger partial charge in [0.05, 0.1) is 7.11 Å². The van der Waals surface area contributed by atoms with Gasteiger partial charge in [-0.25, -0.2) is 4.79 Å². The number of carboxylic acids is 1. The van der Waals surface area contributed by atoms with Gasteiger partial charge in [-0.3, -0.25) is 0 Å². The number of benzene rings is 2. The van der Waals surface area contributed by atoms with E-state index in [1.54, 1.807) is 24.3 Å². The molecule has 0 bridgehead atoms. The Morgan fingerprint density at radius 2 is 1.92 bits per heavy atom. The highest BCUT2D eigenvalue weighted by Gasteiger charge is 2.09. The number of ether oxygens (including phenoxy) is 2. The van der Waals surface area contributed by atoms with Gasteiger partial charge in [-0.15, -0.1) is 0 Å². The number of rotatable bonds is 6.